The highest BCUT2D eigenvalue weighted by molar-refractivity contribution is 5.52. The van der Waals surface area contributed by atoms with Crippen LogP contribution in [-0.2, 0) is 6.54 Å². The van der Waals surface area contributed by atoms with Gasteiger partial charge in [0.15, 0.2) is 0 Å². The van der Waals surface area contributed by atoms with Crippen molar-refractivity contribution in [2.45, 2.75) is 20.4 Å². The van der Waals surface area contributed by atoms with Crippen LogP contribution in [0.4, 0.5) is 11.4 Å². The molecule has 0 saturated heterocycles. The Morgan fingerprint density at radius 3 is 2.60 bits per heavy atom. The lowest BCUT2D eigenvalue weighted by Crippen LogP contribution is -2.22. The molecule has 0 aromatic heterocycles. The van der Waals surface area contributed by atoms with E-state index >= 15 is 0 Å². The maximum absolute atomic E-state index is 5.92. The van der Waals surface area contributed by atoms with Gasteiger partial charge in [-0.15, -0.1) is 0 Å². The van der Waals surface area contributed by atoms with Crippen molar-refractivity contribution in [3.63, 3.8) is 0 Å². The van der Waals surface area contributed by atoms with E-state index in [0.717, 1.165) is 30.1 Å². The van der Waals surface area contributed by atoms with Crippen molar-refractivity contribution in [2.75, 3.05) is 24.3 Å². The van der Waals surface area contributed by atoms with Gasteiger partial charge in [-0.25, -0.2) is 0 Å². The van der Waals surface area contributed by atoms with Crippen molar-refractivity contribution in [3.8, 4) is 5.75 Å². The van der Waals surface area contributed by atoms with Gasteiger partial charge in [0.05, 0.1) is 7.11 Å². The summed E-state index contributed by atoms with van der Waals surface area (Å²) in [6.07, 6.45) is 0. The van der Waals surface area contributed by atoms with Crippen molar-refractivity contribution in [2.24, 2.45) is 0 Å². The van der Waals surface area contributed by atoms with Crippen molar-refractivity contribution in [1.82, 2.24) is 0 Å². The van der Waals surface area contributed by atoms with E-state index < -0.39 is 0 Å². The number of hydrogen-bond donors (Lipinski definition) is 1. The fourth-order valence-corrected chi connectivity index (χ4v) is 2.33. The molecule has 2 aromatic carbocycles. The molecule has 0 heterocycles. The van der Waals surface area contributed by atoms with Gasteiger partial charge in [-0.3, -0.25) is 0 Å². The summed E-state index contributed by atoms with van der Waals surface area (Å²) in [5.41, 5.74) is 10.3. The molecule has 3 heteroatoms. The van der Waals surface area contributed by atoms with E-state index in [1.54, 1.807) is 7.11 Å². The Kier molecular flexibility index (Phi) is 4.51. The lowest BCUT2D eigenvalue weighted by molar-refractivity contribution is 0.414. The lowest BCUT2D eigenvalue weighted by atomic mass is 10.1. The maximum Gasteiger partial charge on any atom is 0.121 e. The zero-order valence-corrected chi connectivity index (χ0v) is 12.4. The predicted molar refractivity (Wildman–Crippen MR) is 85.3 cm³/mol. The van der Waals surface area contributed by atoms with E-state index in [4.69, 9.17) is 10.5 Å². The molecule has 0 aliphatic carbocycles. The molecular formula is C17H22N2O. The van der Waals surface area contributed by atoms with Crippen molar-refractivity contribution in [3.05, 3.63) is 53.6 Å². The van der Waals surface area contributed by atoms with Crippen LogP contribution in [-0.4, -0.2) is 13.7 Å². The Bertz CT molecular complexity index is 581. The first-order valence-electron chi connectivity index (χ1n) is 6.87. The van der Waals surface area contributed by atoms with Gasteiger partial charge in [0.1, 0.15) is 5.75 Å². The quantitative estimate of drug-likeness (QED) is 0.843. The van der Waals surface area contributed by atoms with Crippen LogP contribution < -0.4 is 15.4 Å². The Balaban J connectivity index is 2.24. The van der Waals surface area contributed by atoms with Gasteiger partial charge in [0.25, 0.3) is 0 Å². The zero-order chi connectivity index (χ0) is 14.5. The molecule has 0 saturated carbocycles. The number of nitrogens with zero attached hydrogens (tertiary/aromatic N) is 1. The first-order chi connectivity index (χ1) is 9.62. The minimum atomic E-state index is 0.736. The minimum absolute atomic E-state index is 0.736. The molecular weight excluding hydrogens is 248 g/mol. The summed E-state index contributed by atoms with van der Waals surface area (Å²) in [4.78, 5) is 2.32. The highest BCUT2D eigenvalue weighted by Crippen LogP contribution is 2.23. The fourth-order valence-electron chi connectivity index (χ4n) is 2.33. The summed E-state index contributed by atoms with van der Waals surface area (Å²) in [6, 6.07) is 14.4. The molecule has 2 aromatic rings. The van der Waals surface area contributed by atoms with Gasteiger partial charge in [-0.2, -0.15) is 0 Å². The third kappa shape index (κ3) is 3.44. The van der Waals surface area contributed by atoms with Gasteiger partial charge in [0.2, 0.25) is 0 Å². The summed E-state index contributed by atoms with van der Waals surface area (Å²) >= 11 is 0. The first-order valence-corrected chi connectivity index (χ1v) is 6.87. The van der Waals surface area contributed by atoms with Gasteiger partial charge >= 0.3 is 0 Å². The number of benzene rings is 2. The van der Waals surface area contributed by atoms with Gasteiger partial charge < -0.3 is 15.4 Å². The Hall–Kier alpha value is -2.16. The number of aryl methyl sites for hydroxylation is 1. The molecule has 0 aliphatic heterocycles. The van der Waals surface area contributed by atoms with Gasteiger partial charge in [0, 0.05) is 30.5 Å². The van der Waals surface area contributed by atoms with Crippen LogP contribution in [0.1, 0.15) is 18.1 Å². The minimum Gasteiger partial charge on any atom is -0.497 e. The molecule has 0 aliphatic rings. The van der Waals surface area contributed by atoms with Crippen LogP contribution in [0.15, 0.2) is 42.5 Å². The first kappa shape index (κ1) is 14.3. The Morgan fingerprint density at radius 1 is 1.15 bits per heavy atom. The molecule has 0 amide bonds. The van der Waals surface area contributed by atoms with Crippen molar-refractivity contribution in [1.29, 1.82) is 0 Å². The summed E-state index contributed by atoms with van der Waals surface area (Å²) in [5, 5.41) is 0. The van der Waals surface area contributed by atoms with Crippen LogP contribution in [0, 0.1) is 6.92 Å². The number of nitrogens with two attached hydrogens (primary N) is 1. The highest BCUT2D eigenvalue weighted by atomic mass is 16.5. The van der Waals surface area contributed by atoms with Crippen molar-refractivity contribution < 1.29 is 4.74 Å². The summed E-state index contributed by atoms with van der Waals surface area (Å²) < 4.78 is 5.28. The monoisotopic (exact) mass is 270 g/mol. The van der Waals surface area contributed by atoms with E-state index in [-0.39, 0.29) is 0 Å². The topological polar surface area (TPSA) is 38.5 Å². The summed E-state index contributed by atoms with van der Waals surface area (Å²) in [6.45, 7) is 6.04. The summed E-state index contributed by atoms with van der Waals surface area (Å²) in [5.74, 6) is 0.806. The zero-order valence-electron chi connectivity index (χ0n) is 12.4. The largest absolute Gasteiger partial charge is 0.497 e. The molecule has 20 heavy (non-hydrogen) atoms. The highest BCUT2D eigenvalue weighted by Gasteiger charge is 2.07. The molecule has 0 unspecified atom stereocenters. The normalized spacial score (nSPS) is 10.3. The molecule has 0 radical (unpaired) electrons. The van der Waals surface area contributed by atoms with Crippen LogP contribution in [0.25, 0.3) is 0 Å². The van der Waals surface area contributed by atoms with Gasteiger partial charge in [-0.1, -0.05) is 12.1 Å². The molecule has 106 valence electrons. The second kappa shape index (κ2) is 6.33. The number of nitrogen functional groups attached to an aromatic ring is 1. The van der Waals surface area contributed by atoms with Crippen LogP contribution >= 0.6 is 0 Å². The fraction of sp³-hybridized carbons (Fsp3) is 0.294. The van der Waals surface area contributed by atoms with E-state index in [1.165, 1.54) is 11.3 Å². The van der Waals surface area contributed by atoms with Crippen LogP contribution in [0.5, 0.6) is 5.75 Å². The van der Waals surface area contributed by atoms with Crippen LogP contribution in [0.3, 0.4) is 0 Å². The van der Waals surface area contributed by atoms with E-state index in [9.17, 15) is 0 Å². The smallest absolute Gasteiger partial charge is 0.121 e. The number of ether oxygens (including phenoxy) is 1. The number of methoxy groups -OCH3 is 1. The van der Waals surface area contributed by atoms with E-state index in [1.807, 2.05) is 18.2 Å². The van der Waals surface area contributed by atoms with E-state index in [2.05, 4.69) is 43.0 Å². The maximum atomic E-state index is 5.92. The third-order valence-electron chi connectivity index (χ3n) is 3.35. The standard InChI is InChI=1S/C17H22N2O/c1-4-19(16-7-5-6-13(2)8-16)12-14-9-15(18)11-17(10-14)20-3/h5-11H,4,12,18H2,1-3H3. The Labute approximate surface area is 121 Å². The second-order valence-electron chi connectivity index (χ2n) is 4.97. The molecule has 0 fully saturated rings. The Morgan fingerprint density at radius 2 is 1.95 bits per heavy atom. The van der Waals surface area contributed by atoms with E-state index in [0.29, 0.717) is 0 Å². The second-order valence-corrected chi connectivity index (χ2v) is 4.97. The molecule has 2 N–H and O–H groups in total. The van der Waals surface area contributed by atoms with Crippen molar-refractivity contribution >= 4 is 11.4 Å². The number of hydrogen-bond acceptors (Lipinski definition) is 3. The average Bonchev–Trinajstić information content (AvgIpc) is 2.44. The third-order valence-corrected chi connectivity index (χ3v) is 3.35. The molecule has 0 atom stereocenters. The SMILES string of the molecule is CCN(Cc1cc(N)cc(OC)c1)c1cccc(C)c1. The lowest BCUT2D eigenvalue weighted by Gasteiger charge is -2.24. The summed E-state index contributed by atoms with van der Waals surface area (Å²) in [7, 11) is 1.66. The van der Waals surface area contributed by atoms with Crippen LogP contribution in [0.2, 0.25) is 0 Å². The molecule has 3 nitrogen and oxygen atoms in total. The molecule has 2 rings (SSSR count). The average molecular weight is 270 g/mol. The van der Waals surface area contributed by atoms with Gasteiger partial charge in [-0.05, 0) is 49.2 Å². The number of anilines is 2. The molecule has 0 bridgehead atoms. The molecule has 0 spiro atoms. The predicted octanol–water partition coefficient (Wildman–Crippen LogP) is 3.61. The number of rotatable bonds is 5.